The summed E-state index contributed by atoms with van der Waals surface area (Å²) in [7, 11) is 0. The molecule has 0 aliphatic rings. The van der Waals surface area contributed by atoms with E-state index < -0.39 is 0 Å². The van der Waals surface area contributed by atoms with Gasteiger partial charge >= 0.3 is 0 Å². The highest BCUT2D eigenvalue weighted by atomic mass is 32.1. The monoisotopic (exact) mass is 185 g/mol. The highest BCUT2D eigenvalue weighted by Gasteiger charge is 1.95. The molecular formula is C7H7NOS2. The lowest BCUT2D eigenvalue weighted by Gasteiger charge is -1.78. The smallest absolute Gasteiger partial charge is 0.167 e. The van der Waals surface area contributed by atoms with E-state index >= 15 is 0 Å². The number of aliphatic hydroxyl groups is 1. The highest BCUT2D eigenvalue weighted by molar-refractivity contribution is 7.80. The number of thiazole rings is 1. The Hall–Kier alpha value is -0.500. The van der Waals surface area contributed by atoms with Crippen LogP contribution in [0.15, 0.2) is 6.20 Å². The Morgan fingerprint density at radius 2 is 2.55 bits per heavy atom. The van der Waals surface area contributed by atoms with Crippen LogP contribution in [0.2, 0.25) is 0 Å². The molecule has 0 aromatic carbocycles. The predicted molar refractivity (Wildman–Crippen MR) is 48.8 cm³/mol. The summed E-state index contributed by atoms with van der Waals surface area (Å²) in [6.07, 6.45) is 1.63. The van der Waals surface area contributed by atoms with Crippen LogP contribution in [0.25, 0.3) is 0 Å². The SMILES string of the molecule is OCc1cnc(C#CCS)s1. The van der Waals surface area contributed by atoms with E-state index in [4.69, 9.17) is 5.11 Å². The Morgan fingerprint density at radius 1 is 1.73 bits per heavy atom. The van der Waals surface area contributed by atoms with Gasteiger partial charge in [-0.05, 0) is 5.92 Å². The van der Waals surface area contributed by atoms with E-state index in [1.165, 1.54) is 11.3 Å². The molecule has 2 nitrogen and oxygen atoms in total. The lowest BCUT2D eigenvalue weighted by atomic mass is 10.6. The summed E-state index contributed by atoms with van der Waals surface area (Å²) in [6, 6.07) is 0. The minimum Gasteiger partial charge on any atom is -0.391 e. The minimum absolute atomic E-state index is 0.0419. The molecule has 0 amide bonds. The summed E-state index contributed by atoms with van der Waals surface area (Å²) in [5.74, 6) is 6.14. The molecule has 0 spiro atoms. The van der Waals surface area contributed by atoms with Crippen molar-refractivity contribution in [3.63, 3.8) is 0 Å². The second-order valence-electron chi connectivity index (χ2n) is 1.75. The predicted octanol–water partition coefficient (Wildman–Crippen LogP) is 0.917. The van der Waals surface area contributed by atoms with Crippen molar-refractivity contribution in [2.75, 3.05) is 5.75 Å². The summed E-state index contributed by atoms with van der Waals surface area (Å²) < 4.78 is 0. The first-order chi connectivity index (χ1) is 5.36. The molecule has 0 saturated carbocycles. The van der Waals surface area contributed by atoms with Crippen molar-refractivity contribution in [1.82, 2.24) is 4.98 Å². The van der Waals surface area contributed by atoms with Crippen LogP contribution < -0.4 is 0 Å². The molecule has 0 radical (unpaired) electrons. The van der Waals surface area contributed by atoms with E-state index in [1.54, 1.807) is 6.20 Å². The van der Waals surface area contributed by atoms with E-state index in [0.29, 0.717) is 5.75 Å². The van der Waals surface area contributed by atoms with Crippen molar-refractivity contribution in [2.24, 2.45) is 0 Å². The van der Waals surface area contributed by atoms with Crippen LogP contribution in [-0.2, 0) is 6.61 Å². The molecule has 58 valence electrons. The Kier molecular flexibility index (Phi) is 3.43. The maximum atomic E-state index is 8.68. The van der Waals surface area contributed by atoms with Crippen molar-refractivity contribution < 1.29 is 5.11 Å². The summed E-state index contributed by atoms with van der Waals surface area (Å²) >= 11 is 5.34. The lowest BCUT2D eigenvalue weighted by Crippen LogP contribution is -1.70. The highest BCUT2D eigenvalue weighted by Crippen LogP contribution is 2.10. The van der Waals surface area contributed by atoms with Gasteiger partial charge in [-0.3, -0.25) is 0 Å². The molecule has 0 aliphatic carbocycles. The average Bonchev–Trinajstić information content (AvgIpc) is 2.48. The zero-order valence-corrected chi connectivity index (χ0v) is 7.45. The molecule has 1 N–H and O–H groups in total. The first-order valence-corrected chi connectivity index (χ1v) is 4.47. The van der Waals surface area contributed by atoms with Crippen molar-refractivity contribution in [3.8, 4) is 11.8 Å². The third-order valence-corrected chi connectivity index (χ3v) is 2.04. The molecule has 1 rings (SSSR count). The maximum absolute atomic E-state index is 8.68. The molecular weight excluding hydrogens is 178 g/mol. The molecule has 1 heterocycles. The summed E-state index contributed by atoms with van der Waals surface area (Å²) in [5.41, 5.74) is 0. The fourth-order valence-corrected chi connectivity index (χ4v) is 1.28. The van der Waals surface area contributed by atoms with Gasteiger partial charge in [0.05, 0.1) is 17.2 Å². The summed E-state index contributed by atoms with van der Waals surface area (Å²) in [5, 5.41) is 9.42. The van der Waals surface area contributed by atoms with Crippen LogP contribution >= 0.6 is 24.0 Å². The van der Waals surface area contributed by atoms with Gasteiger partial charge in [0.15, 0.2) is 5.01 Å². The fraction of sp³-hybridized carbons (Fsp3) is 0.286. The van der Waals surface area contributed by atoms with Crippen LogP contribution in [0.4, 0.5) is 0 Å². The van der Waals surface area contributed by atoms with E-state index in [-0.39, 0.29) is 6.61 Å². The molecule has 11 heavy (non-hydrogen) atoms. The third-order valence-electron chi connectivity index (χ3n) is 0.984. The van der Waals surface area contributed by atoms with Gasteiger partial charge < -0.3 is 5.11 Å². The zero-order chi connectivity index (χ0) is 8.10. The lowest BCUT2D eigenvalue weighted by molar-refractivity contribution is 0.285. The topological polar surface area (TPSA) is 33.1 Å². The molecule has 0 fully saturated rings. The number of rotatable bonds is 1. The number of aliphatic hydroxyl groups excluding tert-OH is 1. The van der Waals surface area contributed by atoms with Gasteiger partial charge in [-0.1, -0.05) is 5.92 Å². The molecule has 0 atom stereocenters. The fourth-order valence-electron chi connectivity index (χ4n) is 0.554. The molecule has 4 heteroatoms. The van der Waals surface area contributed by atoms with Gasteiger partial charge in [0.25, 0.3) is 0 Å². The second-order valence-corrected chi connectivity index (χ2v) is 3.18. The number of hydrogen-bond donors (Lipinski definition) is 2. The van der Waals surface area contributed by atoms with Crippen molar-refractivity contribution in [2.45, 2.75) is 6.61 Å². The molecule has 1 aromatic heterocycles. The zero-order valence-electron chi connectivity index (χ0n) is 5.74. The maximum Gasteiger partial charge on any atom is 0.167 e. The van der Waals surface area contributed by atoms with Gasteiger partial charge in [-0.25, -0.2) is 4.98 Å². The van der Waals surface area contributed by atoms with E-state index in [0.717, 1.165) is 9.88 Å². The van der Waals surface area contributed by atoms with E-state index in [9.17, 15) is 0 Å². The molecule has 0 aliphatic heterocycles. The van der Waals surface area contributed by atoms with Crippen molar-refractivity contribution >= 4 is 24.0 Å². The molecule has 1 aromatic rings. The summed E-state index contributed by atoms with van der Waals surface area (Å²) in [6.45, 7) is 0.0419. The average molecular weight is 185 g/mol. The second kappa shape index (κ2) is 4.39. The number of thiol groups is 1. The minimum atomic E-state index is 0.0419. The molecule has 0 unspecified atom stereocenters. The Morgan fingerprint density at radius 3 is 3.09 bits per heavy atom. The third kappa shape index (κ3) is 2.54. The quantitative estimate of drug-likeness (QED) is 0.504. The van der Waals surface area contributed by atoms with Gasteiger partial charge in [0.2, 0.25) is 0 Å². The number of nitrogens with zero attached hydrogens (tertiary/aromatic N) is 1. The van der Waals surface area contributed by atoms with Gasteiger partial charge in [-0.2, -0.15) is 12.6 Å². The van der Waals surface area contributed by atoms with Crippen molar-refractivity contribution in [3.05, 3.63) is 16.1 Å². The van der Waals surface area contributed by atoms with E-state index in [2.05, 4.69) is 29.5 Å². The number of aromatic nitrogens is 1. The normalized spacial score (nSPS) is 8.91. The molecule has 0 bridgehead atoms. The first-order valence-electron chi connectivity index (χ1n) is 3.02. The van der Waals surface area contributed by atoms with Gasteiger partial charge in [0.1, 0.15) is 0 Å². The van der Waals surface area contributed by atoms with Crippen LogP contribution in [0, 0.1) is 11.8 Å². The summed E-state index contributed by atoms with van der Waals surface area (Å²) in [4.78, 5) is 4.82. The van der Waals surface area contributed by atoms with Crippen molar-refractivity contribution in [1.29, 1.82) is 0 Å². The van der Waals surface area contributed by atoms with Crippen LogP contribution in [0.3, 0.4) is 0 Å². The standard InChI is InChI=1S/C7H7NOS2/c9-5-6-4-8-7(11-6)2-1-3-10/h4,9-10H,3,5H2. The Bertz CT molecular complexity index is 284. The van der Waals surface area contributed by atoms with E-state index in [1.807, 2.05) is 0 Å². The van der Waals surface area contributed by atoms with Gasteiger partial charge in [-0.15, -0.1) is 11.3 Å². The largest absolute Gasteiger partial charge is 0.391 e. The van der Waals surface area contributed by atoms with Crippen LogP contribution in [0.5, 0.6) is 0 Å². The number of hydrogen-bond acceptors (Lipinski definition) is 4. The molecule has 0 saturated heterocycles. The van der Waals surface area contributed by atoms with Gasteiger partial charge in [0, 0.05) is 6.20 Å². The van der Waals surface area contributed by atoms with Crippen LogP contribution in [-0.4, -0.2) is 15.8 Å². The Balaban J connectivity index is 2.72. The Labute approximate surface area is 74.7 Å². The first kappa shape index (κ1) is 8.60. The van der Waals surface area contributed by atoms with Crippen LogP contribution in [0.1, 0.15) is 9.88 Å².